The molecule has 5 aromatic rings. The lowest BCUT2D eigenvalue weighted by molar-refractivity contribution is 0.627. The number of halogens is 1. The predicted molar refractivity (Wildman–Crippen MR) is 130 cm³/mol. The number of aryl methyl sites for hydroxylation is 1. The van der Waals surface area contributed by atoms with Crippen LogP contribution in [-0.4, -0.2) is 25.1 Å². The van der Waals surface area contributed by atoms with E-state index >= 15 is 0 Å². The number of pyridine rings is 1. The predicted octanol–water partition coefficient (Wildman–Crippen LogP) is 5.66. The van der Waals surface area contributed by atoms with Crippen molar-refractivity contribution in [3.05, 3.63) is 102 Å². The zero-order valence-electron chi connectivity index (χ0n) is 17.9. The molecule has 162 valence electrons. The number of rotatable bonds is 5. The normalized spacial score (nSPS) is 11.8. The van der Waals surface area contributed by atoms with E-state index < -0.39 is 0 Å². The highest BCUT2D eigenvalue weighted by Gasteiger charge is 2.18. The molecule has 0 aliphatic carbocycles. The number of fused-ring (bicyclic) bond motifs is 1. The van der Waals surface area contributed by atoms with E-state index in [4.69, 9.17) is 10.7 Å². The Hall–Kier alpha value is -4.52. The van der Waals surface area contributed by atoms with Gasteiger partial charge in [-0.05, 0) is 48.4 Å². The first-order chi connectivity index (χ1) is 16.0. The third-order valence-electron chi connectivity index (χ3n) is 5.44. The van der Waals surface area contributed by atoms with Gasteiger partial charge in [0.05, 0.1) is 16.9 Å². The minimum absolute atomic E-state index is 0.308. The molecule has 0 aliphatic rings. The van der Waals surface area contributed by atoms with E-state index in [0.29, 0.717) is 22.9 Å². The van der Waals surface area contributed by atoms with E-state index in [1.54, 1.807) is 24.5 Å². The molecule has 0 saturated heterocycles. The van der Waals surface area contributed by atoms with Gasteiger partial charge < -0.3 is 10.7 Å². The Bertz CT molecular complexity index is 1530. The highest BCUT2D eigenvalue weighted by molar-refractivity contribution is 5.95. The van der Waals surface area contributed by atoms with Crippen LogP contribution in [-0.2, 0) is 0 Å². The molecule has 0 saturated carbocycles. The van der Waals surface area contributed by atoms with Gasteiger partial charge in [0, 0.05) is 34.6 Å². The molecule has 2 aromatic carbocycles. The fraction of sp³-hybridized carbons (Fsp3) is 0.0385. The summed E-state index contributed by atoms with van der Waals surface area (Å²) in [7, 11) is 0. The van der Waals surface area contributed by atoms with Gasteiger partial charge in [-0.2, -0.15) is 5.10 Å². The second-order valence-corrected chi connectivity index (χ2v) is 7.72. The SMILES string of the molecule is C=C/C=C(/c1cccc(F)c1)c1nc(-c2n[nH]c3ccc(-c4cncc(N)c4)cc23)[nH]c1C. The van der Waals surface area contributed by atoms with Crippen molar-refractivity contribution in [2.24, 2.45) is 0 Å². The van der Waals surface area contributed by atoms with Crippen molar-refractivity contribution in [1.82, 2.24) is 25.1 Å². The minimum atomic E-state index is -0.308. The lowest BCUT2D eigenvalue weighted by Crippen LogP contribution is -1.92. The third-order valence-corrected chi connectivity index (χ3v) is 5.44. The van der Waals surface area contributed by atoms with Crippen LogP contribution in [0.15, 0.2) is 79.7 Å². The fourth-order valence-electron chi connectivity index (χ4n) is 3.91. The number of anilines is 1. The Morgan fingerprint density at radius 1 is 1.09 bits per heavy atom. The zero-order valence-corrected chi connectivity index (χ0v) is 17.9. The van der Waals surface area contributed by atoms with Gasteiger partial charge in [0.2, 0.25) is 0 Å². The number of hydrogen-bond acceptors (Lipinski definition) is 4. The first-order valence-electron chi connectivity index (χ1n) is 10.4. The summed E-state index contributed by atoms with van der Waals surface area (Å²) >= 11 is 0. The average Bonchev–Trinajstić information content (AvgIpc) is 3.40. The molecule has 0 bridgehead atoms. The maximum Gasteiger partial charge on any atom is 0.159 e. The summed E-state index contributed by atoms with van der Waals surface area (Å²) in [5, 5.41) is 8.49. The number of nitrogens with zero attached hydrogens (tertiary/aromatic N) is 3. The number of H-pyrrole nitrogens is 2. The van der Waals surface area contributed by atoms with Gasteiger partial charge in [-0.25, -0.2) is 9.37 Å². The smallest absolute Gasteiger partial charge is 0.159 e. The van der Waals surface area contributed by atoms with Gasteiger partial charge in [0.25, 0.3) is 0 Å². The van der Waals surface area contributed by atoms with Crippen molar-refractivity contribution >= 4 is 22.2 Å². The van der Waals surface area contributed by atoms with Gasteiger partial charge in [0.15, 0.2) is 5.82 Å². The van der Waals surface area contributed by atoms with Crippen LogP contribution in [0.3, 0.4) is 0 Å². The Labute approximate surface area is 189 Å². The van der Waals surface area contributed by atoms with Crippen LogP contribution in [0.2, 0.25) is 0 Å². The number of hydrogen-bond donors (Lipinski definition) is 3. The average molecular weight is 436 g/mol. The molecule has 0 amide bonds. The first kappa shape index (κ1) is 20.4. The van der Waals surface area contributed by atoms with Crippen LogP contribution >= 0.6 is 0 Å². The molecule has 0 unspecified atom stereocenters. The lowest BCUT2D eigenvalue weighted by atomic mass is 10.0. The number of nitrogens with two attached hydrogens (primary N) is 1. The van der Waals surface area contributed by atoms with Gasteiger partial charge in [0.1, 0.15) is 11.5 Å². The number of nitrogen functional groups attached to an aromatic ring is 1. The standard InChI is InChI=1S/C26H21FN6/c1-3-5-21(17-6-4-7-19(27)10-17)24-15(2)30-26(31-24)25-22-12-16(8-9-23(22)32-33-25)18-11-20(28)14-29-13-18/h3-14H,1,28H2,2H3,(H,30,31)(H,32,33)/b21-5-. The summed E-state index contributed by atoms with van der Waals surface area (Å²) in [6.45, 7) is 5.74. The van der Waals surface area contributed by atoms with Crippen molar-refractivity contribution in [2.45, 2.75) is 6.92 Å². The van der Waals surface area contributed by atoms with E-state index in [1.807, 2.05) is 43.3 Å². The van der Waals surface area contributed by atoms with Crippen LogP contribution in [0, 0.1) is 12.7 Å². The van der Waals surface area contributed by atoms with Crippen molar-refractivity contribution < 1.29 is 4.39 Å². The summed E-state index contributed by atoms with van der Waals surface area (Å²) in [6, 6.07) is 14.3. The topological polar surface area (TPSA) is 96.3 Å². The molecule has 0 radical (unpaired) electrons. The second-order valence-electron chi connectivity index (χ2n) is 7.72. The quantitative estimate of drug-likeness (QED) is 0.310. The highest BCUT2D eigenvalue weighted by atomic mass is 19.1. The number of imidazole rings is 1. The second kappa shape index (κ2) is 8.20. The Morgan fingerprint density at radius 3 is 2.76 bits per heavy atom. The summed E-state index contributed by atoms with van der Waals surface area (Å²) in [5.41, 5.74) is 13.0. The molecular weight excluding hydrogens is 415 g/mol. The van der Waals surface area contributed by atoms with Gasteiger partial charge in [-0.1, -0.05) is 36.9 Å². The number of benzene rings is 2. The lowest BCUT2D eigenvalue weighted by Gasteiger charge is -2.06. The van der Waals surface area contributed by atoms with Crippen molar-refractivity contribution in [1.29, 1.82) is 0 Å². The Kier molecular flexibility index (Phi) is 5.06. The minimum Gasteiger partial charge on any atom is -0.397 e. The molecule has 4 N–H and O–H groups in total. The highest BCUT2D eigenvalue weighted by Crippen LogP contribution is 2.32. The molecule has 33 heavy (non-hydrogen) atoms. The van der Waals surface area contributed by atoms with Crippen molar-refractivity contribution in [3.8, 4) is 22.6 Å². The number of aromatic nitrogens is 5. The molecule has 3 aromatic heterocycles. The number of allylic oxidation sites excluding steroid dienone is 2. The molecule has 6 nitrogen and oxygen atoms in total. The molecule has 7 heteroatoms. The van der Waals surface area contributed by atoms with E-state index in [-0.39, 0.29) is 5.82 Å². The Morgan fingerprint density at radius 2 is 1.97 bits per heavy atom. The van der Waals surface area contributed by atoms with E-state index in [0.717, 1.165) is 38.9 Å². The van der Waals surface area contributed by atoms with Crippen molar-refractivity contribution in [2.75, 3.05) is 5.73 Å². The summed E-state index contributed by atoms with van der Waals surface area (Å²) < 4.78 is 13.9. The molecular formula is C26H21FN6. The van der Waals surface area contributed by atoms with Crippen LogP contribution in [0.1, 0.15) is 17.0 Å². The maximum absolute atomic E-state index is 13.9. The molecule has 0 atom stereocenters. The Balaban J connectivity index is 1.61. The zero-order chi connectivity index (χ0) is 22.9. The summed E-state index contributed by atoms with van der Waals surface area (Å²) in [5.74, 6) is 0.306. The van der Waals surface area contributed by atoms with Crippen LogP contribution < -0.4 is 5.73 Å². The number of aromatic amines is 2. The molecule has 0 fully saturated rings. The summed E-state index contributed by atoms with van der Waals surface area (Å²) in [4.78, 5) is 12.4. The van der Waals surface area contributed by atoms with E-state index in [2.05, 4.69) is 26.7 Å². The van der Waals surface area contributed by atoms with Crippen LogP contribution in [0.25, 0.3) is 39.1 Å². The van der Waals surface area contributed by atoms with Crippen LogP contribution in [0.5, 0.6) is 0 Å². The molecule has 3 heterocycles. The van der Waals surface area contributed by atoms with Crippen LogP contribution in [0.4, 0.5) is 10.1 Å². The van der Waals surface area contributed by atoms with E-state index in [9.17, 15) is 4.39 Å². The van der Waals surface area contributed by atoms with Gasteiger partial charge >= 0.3 is 0 Å². The van der Waals surface area contributed by atoms with Gasteiger partial charge in [-0.3, -0.25) is 10.1 Å². The largest absolute Gasteiger partial charge is 0.397 e. The fourth-order valence-corrected chi connectivity index (χ4v) is 3.91. The molecule has 0 aliphatic heterocycles. The van der Waals surface area contributed by atoms with Gasteiger partial charge in [-0.15, -0.1) is 0 Å². The van der Waals surface area contributed by atoms with Crippen molar-refractivity contribution in [3.63, 3.8) is 0 Å². The monoisotopic (exact) mass is 436 g/mol. The summed E-state index contributed by atoms with van der Waals surface area (Å²) in [6.07, 6.45) is 6.89. The molecule has 0 spiro atoms. The first-order valence-corrected chi connectivity index (χ1v) is 10.4. The maximum atomic E-state index is 13.9. The van der Waals surface area contributed by atoms with E-state index in [1.165, 1.54) is 12.1 Å². The third kappa shape index (κ3) is 3.80. The number of nitrogens with one attached hydrogen (secondary N) is 2. The molecule has 5 rings (SSSR count).